The minimum Gasteiger partial charge on any atom is -0.353 e. The maximum absolute atomic E-state index is 12.2. The van der Waals surface area contributed by atoms with E-state index in [0.29, 0.717) is 5.02 Å². The molecule has 1 amide bonds. The normalized spacial score (nSPS) is 17.5. The summed E-state index contributed by atoms with van der Waals surface area (Å²) >= 11 is 7.90. The average Bonchev–Trinajstić information content (AvgIpc) is 2.99. The Morgan fingerprint density at radius 1 is 1.25 bits per heavy atom. The molecule has 0 spiro atoms. The molecule has 130 valence electrons. The third kappa shape index (κ3) is 3.66. The van der Waals surface area contributed by atoms with Crippen molar-refractivity contribution < 1.29 is 4.79 Å². The molecule has 1 aromatic heterocycles. The van der Waals surface area contributed by atoms with Gasteiger partial charge in [-0.3, -0.25) is 9.69 Å². The maximum Gasteiger partial charge on any atom is 0.237 e. The van der Waals surface area contributed by atoms with Crippen molar-refractivity contribution in [3.8, 4) is 0 Å². The fourth-order valence-corrected chi connectivity index (χ4v) is 4.23. The van der Waals surface area contributed by atoms with Crippen molar-refractivity contribution >= 4 is 44.2 Å². The van der Waals surface area contributed by atoms with Gasteiger partial charge < -0.3 is 10.2 Å². The second kappa shape index (κ2) is 7.25. The van der Waals surface area contributed by atoms with Crippen LogP contribution in [0, 0.1) is 0 Å². The topological polar surface area (TPSA) is 48.5 Å². The number of halogens is 1. The molecule has 1 aliphatic rings. The minimum atomic E-state index is -0.0978. The van der Waals surface area contributed by atoms with Crippen LogP contribution in [0.2, 0.25) is 5.02 Å². The fraction of sp³-hybridized carbons (Fsp3) is 0.529. The summed E-state index contributed by atoms with van der Waals surface area (Å²) in [5, 5.41) is 4.70. The number of carbonyl (C=O) groups excluding carboxylic acids is 1. The molecule has 2 aromatic rings. The summed E-state index contributed by atoms with van der Waals surface area (Å²) in [7, 11) is 0. The molecule has 7 heteroatoms. The Morgan fingerprint density at radius 3 is 2.58 bits per heavy atom. The largest absolute Gasteiger partial charge is 0.353 e. The molecule has 1 fully saturated rings. The molecule has 0 radical (unpaired) electrons. The lowest BCUT2D eigenvalue weighted by Gasteiger charge is -2.37. The first-order chi connectivity index (χ1) is 11.5. The van der Waals surface area contributed by atoms with Gasteiger partial charge in [0.15, 0.2) is 5.13 Å². The lowest BCUT2D eigenvalue weighted by molar-refractivity contribution is -0.126. The Morgan fingerprint density at radius 2 is 1.96 bits per heavy atom. The van der Waals surface area contributed by atoms with E-state index in [-0.39, 0.29) is 18.0 Å². The summed E-state index contributed by atoms with van der Waals surface area (Å²) in [4.78, 5) is 21.4. The van der Waals surface area contributed by atoms with E-state index < -0.39 is 0 Å². The second-order valence-electron chi connectivity index (χ2n) is 6.45. The lowest BCUT2D eigenvalue weighted by atomic mass is 10.2. The Balaban J connectivity index is 1.64. The molecule has 1 aromatic carbocycles. The van der Waals surface area contributed by atoms with Gasteiger partial charge >= 0.3 is 0 Å². The minimum absolute atomic E-state index is 0.0978. The van der Waals surface area contributed by atoms with Crippen molar-refractivity contribution in [1.82, 2.24) is 15.2 Å². The zero-order valence-corrected chi connectivity index (χ0v) is 15.8. The van der Waals surface area contributed by atoms with Gasteiger partial charge in [-0.25, -0.2) is 4.98 Å². The van der Waals surface area contributed by atoms with Crippen molar-refractivity contribution in [3.63, 3.8) is 0 Å². The van der Waals surface area contributed by atoms with Crippen molar-refractivity contribution in [2.24, 2.45) is 0 Å². The monoisotopic (exact) mass is 366 g/mol. The molecule has 1 unspecified atom stereocenters. The predicted octanol–water partition coefficient (Wildman–Crippen LogP) is 2.98. The van der Waals surface area contributed by atoms with Gasteiger partial charge in [0.2, 0.25) is 5.91 Å². The number of rotatable bonds is 4. The van der Waals surface area contributed by atoms with Gasteiger partial charge in [-0.1, -0.05) is 29.0 Å². The third-order valence-corrected chi connectivity index (χ3v) is 5.69. The quantitative estimate of drug-likeness (QED) is 0.903. The van der Waals surface area contributed by atoms with Crippen LogP contribution in [0.3, 0.4) is 0 Å². The van der Waals surface area contributed by atoms with Crippen molar-refractivity contribution in [2.75, 3.05) is 31.1 Å². The number of fused-ring (bicyclic) bond motifs is 1. The number of carbonyl (C=O) groups is 1. The molecular weight excluding hydrogens is 344 g/mol. The molecule has 0 bridgehead atoms. The van der Waals surface area contributed by atoms with E-state index >= 15 is 0 Å². The van der Waals surface area contributed by atoms with Gasteiger partial charge in [0.05, 0.1) is 15.8 Å². The lowest BCUT2D eigenvalue weighted by Crippen LogP contribution is -2.54. The molecule has 24 heavy (non-hydrogen) atoms. The van der Waals surface area contributed by atoms with Crippen molar-refractivity contribution in [1.29, 1.82) is 0 Å². The van der Waals surface area contributed by atoms with E-state index in [1.807, 2.05) is 32.9 Å². The standard InChI is InChI=1S/C17H23ClN4OS/c1-11(2)19-16(23)12(3)21-7-9-22(10-8-21)17-20-15-13(18)5-4-6-14(15)24-17/h4-6,11-12H,7-10H2,1-3H3,(H,19,23). The Hall–Kier alpha value is -1.37. The summed E-state index contributed by atoms with van der Waals surface area (Å²) in [6.45, 7) is 9.41. The number of hydrogen-bond acceptors (Lipinski definition) is 5. The first kappa shape index (κ1) is 17.5. The van der Waals surface area contributed by atoms with E-state index in [1.165, 1.54) is 0 Å². The second-order valence-corrected chi connectivity index (χ2v) is 7.86. The van der Waals surface area contributed by atoms with E-state index in [0.717, 1.165) is 41.5 Å². The zero-order chi connectivity index (χ0) is 17.3. The average molecular weight is 367 g/mol. The van der Waals surface area contributed by atoms with Crippen LogP contribution in [0.5, 0.6) is 0 Å². The van der Waals surface area contributed by atoms with Crippen molar-refractivity contribution in [3.05, 3.63) is 23.2 Å². The summed E-state index contributed by atoms with van der Waals surface area (Å²) in [5.41, 5.74) is 0.881. The van der Waals surface area contributed by atoms with Gasteiger partial charge in [-0.2, -0.15) is 0 Å². The number of hydrogen-bond donors (Lipinski definition) is 1. The fourth-order valence-electron chi connectivity index (χ4n) is 2.91. The summed E-state index contributed by atoms with van der Waals surface area (Å²) < 4.78 is 1.12. The molecule has 2 heterocycles. The number of piperazine rings is 1. The summed E-state index contributed by atoms with van der Waals surface area (Å²) in [6, 6.07) is 5.96. The molecule has 1 aliphatic heterocycles. The summed E-state index contributed by atoms with van der Waals surface area (Å²) in [6.07, 6.45) is 0. The molecule has 5 nitrogen and oxygen atoms in total. The number of para-hydroxylation sites is 1. The van der Waals surface area contributed by atoms with Crippen LogP contribution in [-0.2, 0) is 4.79 Å². The van der Waals surface area contributed by atoms with Crippen LogP contribution in [0.1, 0.15) is 20.8 Å². The SMILES string of the molecule is CC(C)NC(=O)C(C)N1CCN(c2nc3c(Cl)cccc3s2)CC1. The van der Waals surface area contributed by atoms with Crippen LogP contribution >= 0.6 is 22.9 Å². The van der Waals surface area contributed by atoms with Gasteiger partial charge in [0.1, 0.15) is 5.52 Å². The van der Waals surface area contributed by atoms with Crippen LogP contribution in [-0.4, -0.2) is 54.1 Å². The Kier molecular flexibility index (Phi) is 5.27. The number of nitrogens with one attached hydrogen (secondary N) is 1. The Labute approximate surface area is 151 Å². The van der Waals surface area contributed by atoms with Crippen LogP contribution in [0.4, 0.5) is 5.13 Å². The van der Waals surface area contributed by atoms with Crippen LogP contribution < -0.4 is 10.2 Å². The van der Waals surface area contributed by atoms with E-state index in [4.69, 9.17) is 16.6 Å². The molecule has 1 saturated heterocycles. The highest BCUT2D eigenvalue weighted by atomic mass is 35.5. The number of thiazole rings is 1. The number of benzene rings is 1. The third-order valence-electron chi connectivity index (χ3n) is 4.30. The van der Waals surface area contributed by atoms with Gasteiger partial charge in [0, 0.05) is 32.2 Å². The highest BCUT2D eigenvalue weighted by molar-refractivity contribution is 7.22. The molecular formula is C17H23ClN4OS. The zero-order valence-electron chi connectivity index (χ0n) is 14.3. The van der Waals surface area contributed by atoms with Gasteiger partial charge in [-0.15, -0.1) is 0 Å². The van der Waals surface area contributed by atoms with E-state index in [2.05, 4.69) is 21.2 Å². The highest BCUT2D eigenvalue weighted by Gasteiger charge is 2.27. The first-order valence-corrected chi connectivity index (χ1v) is 9.49. The molecule has 0 aliphatic carbocycles. The predicted molar refractivity (Wildman–Crippen MR) is 101 cm³/mol. The molecule has 1 N–H and O–H groups in total. The van der Waals surface area contributed by atoms with Crippen LogP contribution in [0.25, 0.3) is 10.2 Å². The van der Waals surface area contributed by atoms with E-state index in [9.17, 15) is 4.79 Å². The van der Waals surface area contributed by atoms with Crippen molar-refractivity contribution in [2.45, 2.75) is 32.9 Å². The van der Waals surface area contributed by atoms with Gasteiger partial charge in [0.25, 0.3) is 0 Å². The number of nitrogens with zero attached hydrogens (tertiary/aromatic N) is 3. The van der Waals surface area contributed by atoms with E-state index in [1.54, 1.807) is 11.3 Å². The smallest absolute Gasteiger partial charge is 0.237 e. The number of aromatic nitrogens is 1. The molecule has 0 saturated carbocycles. The first-order valence-electron chi connectivity index (χ1n) is 8.30. The maximum atomic E-state index is 12.2. The number of amides is 1. The Bertz CT molecular complexity index is 724. The molecule has 1 atom stereocenters. The van der Waals surface area contributed by atoms with Crippen LogP contribution in [0.15, 0.2) is 18.2 Å². The molecule has 3 rings (SSSR count). The van der Waals surface area contributed by atoms with Gasteiger partial charge in [-0.05, 0) is 32.9 Å². The highest BCUT2D eigenvalue weighted by Crippen LogP contribution is 2.33. The summed E-state index contributed by atoms with van der Waals surface area (Å²) in [5.74, 6) is 0.102. The number of anilines is 1.